The van der Waals surface area contributed by atoms with Gasteiger partial charge in [0, 0.05) is 19.2 Å². The molecule has 0 aromatic heterocycles. The van der Waals surface area contributed by atoms with Crippen molar-refractivity contribution < 1.29 is 17.9 Å². The Bertz CT molecular complexity index is 1170. The predicted octanol–water partition coefficient (Wildman–Crippen LogP) is 4.11. The second-order valence-corrected chi connectivity index (χ2v) is 9.86. The van der Waals surface area contributed by atoms with E-state index in [-0.39, 0.29) is 23.0 Å². The number of carbonyl (C=O) groups is 1. The lowest BCUT2D eigenvalue weighted by molar-refractivity contribution is -0.0691. The van der Waals surface area contributed by atoms with Crippen molar-refractivity contribution in [1.82, 2.24) is 4.90 Å². The number of carbonyl (C=O) groups excluding carboxylic acids is 1. The quantitative estimate of drug-likeness (QED) is 0.587. The molecule has 0 unspecified atom stereocenters. The average Bonchev–Trinajstić information content (AvgIpc) is 2.84. The number of hydrogen-bond donors (Lipinski definition) is 0. The fourth-order valence-corrected chi connectivity index (χ4v) is 5.05. The van der Waals surface area contributed by atoms with Crippen LogP contribution < -0.4 is 4.31 Å². The van der Waals surface area contributed by atoms with Gasteiger partial charge in [-0.3, -0.25) is 9.10 Å². The van der Waals surface area contributed by atoms with Gasteiger partial charge >= 0.3 is 0 Å². The van der Waals surface area contributed by atoms with Crippen LogP contribution in [0.1, 0.15) is 28.9 Å². The van der Waals surface area contributed by atoms with Gasteiger partial charge in [0.15, 0.2) is 0 Å². The van der Waals surface area contributed by atoms with E-state index < -0.39 is 10.0 Å². The molecule has 1 fully saturated rings. The molecule has 3 aromatic rings. The van der Waals surface area contributed by atoms with Gasteiger partial charge in [-0.2, -0.15) is 0 Å². The lowest BCUT2D eigenvalue weighted by Gasteiger charge is -2.37. The van der Waals surface area contributed by atoms with Crippen LogP contribution >= 0.6 is 0 Å². The highest BCUT2D eigenvalue weighted by Gasteiger charge is 2.30. The molecule has 0 spiro atoms. The molecule has 1 heterocycles. The summed E-state index contributed by atoms with van der Waals surface area (Å²) in [6, 6.07) is 24.8. The third kappa shape index (κ3) is 4.54. The van der Waals surface area contributed by atoms with Gasteiger partial charge in [-0.1, -0.05) is 48.5 Å². The van der Waals surface area contributed by atoms with Gasteiger partial charge in [0.1, 0.15) is 6.10 Å². The number of ether oxygens (including phenoxy) is 1. The van der Waals surface area contributed by atoms with Gasteiger partial charge in [-0.05, 0) is 48.9 Å². The Morgan fingerprint density at radius 2 is 1.50 bits per heavy atom. The van der Waals surface area contributed by atoms with Crippen molar-refractivity contribution in [2.24, 2.45) is 0 Å². The third-order valence-electron chi connectivity index (χ3n) is 5.60. The molecule has 7 heteroatoms. The molecule has 2 atom stereocenters. The van der Waals surface area contributed by atoms with E-state index >= 15 is 0 Å². The van der Waals surface area contributed by atoms with E-state index in [0.717, 1.165) is 5.56 Å². The Morgan fingerprint density at radius 1 is 0.906 bits per heavy atom. The molecule has 4 rings (SSSR count). The van der Waals surface area contributed by atoms with E-state index in [2.05, 4.69) is 0 Å². The van der Waals surface area contributed by atoms with E-state index in [1.54, 1.807) is 41.3 Å². The Labute approximate surface area is 189 Å². The monoisotopic (exact) mass is 450 g/mol. The summed E-state index contributed by atoms with van der Waals surface area (Å²) in [5, 5.41) is 0. The molecule has 0 bridgehead atoms. The summed E-state index contributed by atoms with van der Waals surface area (Å²) in [4.78, 5) is 15.1. The highest BCUT2D eigenvalue weighted by atomic mass is 32.2. The molecular weight excluding hydrogens is 424 g/mol. The number of nitrogens with zero attached hydrogens (tertiary/aromatic N) is 2. The maximum Gasteiger partial charge on any atom is 0.264 e. The van der Waals surface area contributed by atoms with Crippen molar-refractivity contribution >= 4 is 21.6 Å². The first kappa shape index (κ1) is 22.0. The summed E-state index contributed by atoms with van der Waals surface area (Å²) in [6.07, 6.45) is -0.292. The van der Waals surface area contributed by atoms with Crippen LogP contribution in [0.4, 0.5) is 5.69 Å². The first-order valence-corrected chi connectivity index (χ1v) is 11.9. The Balaban J connectivity index is 1.51. The SMILES string of the molecule is C[C@@H]1CN(C(=O)c2ccc(S(=O)(=O)N(C)c3ccccc3)cc2)C[C@H](c2ccccc2)O1. The molecule has 1 aliphatic rings. The molecule has 1 amide bonds. The predicted molar refractivity (Wildman–Crippen MR) is 124 cm³/mol. The van der Waals surface area contributed by atoms with Gasteiger partial charge in [-0.25, -0.2) is 8.42 Å². The second kappa shape index (κ2) is 9.14. The maximum atomic E-state index is 13.1. The molecule has 0 aliphatic carbocycles. The number of amides is 1. The fraction of sp³-hybridized carbons (Fsp3) is 0.240. The van der Waals surface area contributed by atoms with Crippen LogP contribution in [0.15, 0.2) is 89.8 Å². The van der Waals surface area contributed by atoms with E-state index in [0.29, 0.717) is 24.3 Å². The van der Waals surface area contributed by atoms with Gasteiger partial charge in [-0.15, -0.1) is 0 Å². The standard InChI is InChI=1S/C25H26N2O4S/c1-19-17-27(18-24(31-19)20-9-5-3-6-10-20)25(28)21-13-15-23(16-14-21)32(29,30)26(2)22-11-7-4-8-12-22/h3-16,19,24H,17-18H2,1-2H3/t19-,24-/m1/s1. The largest absolute Gasteiger partial charge is 0.367 e. The minimum atomic E-state index is -3.72. The molecular formula is C25H26N2O4S. The normalized spacial score (nSPS) is 18.9. The van der Waals surface area contributed by atoms with Crippen LogP contribution in [0, 0.1) is 0 Å². The number of rotatable bonds is 5. The van der Waals surface area contributed by atoms with Gasteiger partial charge < -0.3 is 9.64 Å². The maximum absolute atomic E-state index is 13.1. The number of benzene rings is 3. The zero-order valence-corrected chi connectivity index (χ0v) is 18.9. The number of morpholine rings is 1. The third-order valence-corrected chi connectivity index (χ3v) is 7.40. The van der Waals surface area contributed by atoms with Gasteiger partial charge in [0.2, 0.25) is 0 Å². The van der Waals surface area contributed by atoms with Crippen LogP contribution in [0.25, 0.3) is 0 Å². The minimum absolute atomic E-state index is 0.0999. The van der Waals surface area contributed by atoms with Crippen molar-refractivity contribution in [3.05, 3.63) is 96.1 Å². The van der Waals surface area contributed by atoms with Gasteiger partial charge in [0.05, 0.1) is 23.2 Å². The van der Waals surface area contributed by atoms with Crippen molar-refractivity contribution in [2.75, 3.05) is 24.4 Å². The number of anilines is 1. The van der Waals surface area contributed by atoms with E-state index in [9.17, 15) is 13.2 Å². The van der Waals surface area contributed by atoms with Crippen molar-refractivity contribution in [3.63, 3.8) is 0 Å². The molecule has 6 nitrogen and oxygen atoms in total. The van der Waals surface area contributed by atoms with E-state index in [4.69, 9.17) is 4.74 Å². The lowest BCUT2D eigenvalue weighted by atomic mass is 10.1. The Hall–Kier alpha value is -3.16. The number of sulfonamides is 1. The van der Waals surface area contributed by atoms with Crippen LogP contribution in [0.5, 0.6) is 0 Å². The smallest absolute Gasteiger partial charge is 0.264 e. The van der Waals surface area contributed by atoms with Crippen LogP contribution in [0.2, 0.25) is 0 Å². The first-order chi connectivity index (χ1) is 15.4. The van der Waals surface area contributed by atoms with E-state index in [1.807, 2.05) is 43.3 Å². The van der Waals surface area contributed by atoms with Crippen molar-refractivity contribution in [3.8, 4) is 0 Å². The van der Waals surface area contributed by atoms with Crippen LogP contribution in [-0.4, -0.2) is 45.5 Å². The molecule has 0 radical (unpaired) electrons. The molecule has 32 heavy (non-hydrogen) atoms. The second-order valence-electron chi connectivity index (χ2n) is 7.89. The Morgan fingerprint density at radius 3 is 2.12 bits per heavy atom. The van der Waals surface area contributed by atoms with E-state index in [1.165, 1.54) is 23.5 Å². The molecule has 1 saturated heterocycles. The van der Waals surface area contributed by atoms with Crippen molar-refractivity contribution in [2.45, 2.75) is 24.0 Å². The molecule has 0 N–H and O–H groups in total. The fourth-order valence-electron chi connectivity index (χ4n) is 3.86. The number of para-hydroxylation sites is 1. The summed E-state index contributed by atoms with van der Waals surface area (Å²) >= 11 is 0. The molecule has 166 valence electrons. The molecule has 0 saturated carbocycles. The topological polar surface area (TPSA) is 66.9 Å². The molecule has 3 aromatic carbocycles. The zero-order valence-electron chi connectivity index (χ0n) is 18.1. The van der Waals surface area contributed by atoms with Gasteiger partial charge in [0.25, 0.3) is 15.9 Å². The van der Waals surface area contributed by atoms with Crippen LogP contribution in [0.3, 0.4) is 0 Å². The highest BCUT2D eigenvalue weighted by Crippen LogP contribution is 2.27. The Kier molecular flexibility index (Phi) is 6.30. The summed E-state index contributed by atoms with van der Waals surface area (Å²) in [7, 11) is -2.21. The zero-order chi connectivity index (χ0) is 22.7. The molecule has 1 aliphatic heterocycles. The lowest BCUT2D eigenvalue weighted by Crippen LogP contribution is -2.46. The minimum Gasteiger partial charge on any atom is -0.367 e. The van der Waals surface area contributed by atoms with Crippen LogP contribution in [-0.2, 0) is 14.8 Å². The number of hydrogen-bond acceptors (Lipinski definition) is 4. The summed E-state index contributed by atoms with van der Waals surface area (Å²) in [5.41, 5.74) is 2.05. The highest BCUT2D eigenvalue weighted by molar-refractivity contribution is 7.92. The average molecular weight is 451 g/mol. The van der Waals surface area contributed by atoms with Crippen molar-refractivity contribution in [1.29, 1.82) is 0 Å². The summed E-state index contributed by atoms with van der Waals surface area (Å²) in [6.45, 7) is 2.88. The summed E-state index contributed by atoms with van der Waals surface area (Å²) in [5.74, 6) is -0.138. The first-order valence-electron chi connectivity index (χ1n) is 10.5. The summed E-state index contributed by atoms with van der Waals surface area (Å²) < 4.78 is 33.2.